The van der Waals surface area contributed by atoms with Gasteiger partial charge in [0.1, 0.15) is 0 Å². The van der Waals surface area contributed by atoms with Crippen molar-refractivity contribution in [1.29, 1.82) is 0 Å². The second-order valence-corrected chi connectivity index (χ2v) is 6.35. The first-order valence-electron chi connectivity index (χ1n) is 8.44. The van der Waals surface area contributed by atoms with Crippen LogP contribution in [0, 0.1) is 11.8 Å². The highest BCUT2D eigenvalue weighted by Gasteiger charge is 2.19. The molecule has 0 bridgehead atoms. The maximum absolute atomic E-state index is 3.75. The molecule has 0 saturated heterocycles. The lowest BCUT2D eigenvalue weighted by Gasteiger charge is -2.27. The molecular weight excluding hydrogens is 242 g/mol. The Balaban J connectivity index is 2.84. The van der Waals surface area contributed by atoms with Crippen LogP contribution in [0.15, 0.2) is 24.3 Å². The van der Waals surface area contributed by atoms with Gasteiger partial charge in [0.25, 0.3) is 0 Å². The molecule has 1 rings (SSSR count). The summed E-state index contributed by atoms with van der Waals surface area (Å²) < 4.78 is 0. The molecule has 0 heterocycles. The van der Waals surface area contributed by atoms with Crippen molar-refractivity contribution in [3.05, 3.63) is 35.4 Å². The highest BCUT2D eigenvalue weighted by molar-refractivity contribution is 5.26. The summed E-state index contributed by atoms with van der Waals surface area (Å²) in [7, 11) is 0. The molecule has 0 aromatic heterocycles. The molecule has 0 aliphatic rings. The summed E-state index contributed by atoms with van der Waals surface area (Å²) in [5.74, 6) is 1.46. The summed E-state index contributed by atoms with van der Waals surface area (Å²) in [6.07, 6.45) is 4.86. The zero-order valence-electron chi connectivity index (χ0n) is 14.1. The highest BCUT2D eigenvalue weighted by Crippen LogP contribution is 2.28. The van der Waals surface area contributed by atoms with E-state index >= 15 is 0 Å². The zero-order valence-corrected chi connectivity index (χ0v) is 14.1. The molecule has 0 fully saturated rings. The fourth-order valence-electron chi connectivity index (χ4n) is 2.95. The second kappa shape index (κ2) is 9.18. The SMILES string of the molecule is CCCNC(c1ccc(CC(C)C)cc1)C(CC)CC. The molecule has 1 aromatic carbocycles. The van der Waals surface area contributed by atoms with E-state index in [-0.39, 0.29) is 0 Å². The molecule has 1 aromatic rings. The summed E-state index contributed by atoms with van der Waals surface area (Å²) in [4.78, 5) is 0. The lowest BCUT2D eigenvalue weighted by Crippen LogP contribution is -2.28. The van der Waals surface area contributed by atoms with Gasteiger partial charge in [0.05, 0.1) is 0 Å². The van der Waals surface area contributed by atoms with Crippen molar-refractivity contribution in [1.82, 2.24) is 5.32 Å². The molecule has 0 aliphatic carbocycles. The smallest absolute Gasteiger partial charge is 0.0348 e. The van der Waals surface area contributed by atoms with Gasteiger partial charge in [0.15, 0.2) is 0 Å². The summed E-state index contributed by atoms with van der Waals surface area (Å²) in [6.45, 7) is 12.5. The first kappa shape index (κ1) is 17.2. The first-order valence-corrected chi connectivity index (χ1v) is 8.44. The highest BCUT2D eigenvalue weighted by atomic mass is 14.9. The molecule has 114 valence electrons. The quantitative estimate of drug-likeness (QED) is 0.639. The van der Waals surface area contributed by atoms with Crippen LogP contribution in [0.4, 0.5) is 0 Å². The lowest BCUT2D eigenvalue weighted by molar-refractivity contribution is 0.341. The number of hydrogen-bond donors (Lipinski definition) is 1. The van der Waals surface area contributed by atoms with Crippen LogP contribution in [0.5, 0.6) is 0 Å². The molecule has 0 aliphatic heterocycles. The van der Waals surface area contributed by atoms with Gasteiger partial charge in [-0.3, -0.25) is 0 Å². The van der Waals surface area contributed by atoms with Gasteiger partial charge in [0, 0.05) is 6.04 Å². The molecule has 1 heteroatoms. The maximum atomic E-state index is 3.75. The van der Waals surface area contributed by atoms with E-state index in [2.05, 4.69) is 64.2 Å². The number of benzene rings is 1. The molecular formula is C19H33N. The molecule has 1 N–H and O–H groups in total. The molecule has 0 saturated carbocycles. The fourth-order valence-corrected chi connectivity index (χ4v) is 2.95. The van der Waals surface area contributed by atoms with E-state index in [0.717, 1.165) is 18.4 Å². The van der Waals surface area contributed by atoms with Gasteiger partial charge in [-0.15, -0.1) is 0 Å². The van der Waals surface area contributed by atoms with E-state index < -0.39 is 0 Å². The Kier molecular flexibility index (Phi) is 7.91. The van der Waals surface area contributed by atoms with E-state index in [1.165, 1.54) is 36.8 Å². The predicted molar refractivity (Wildman–Crippen MR) is 90.1 cm³/mol. The number of rotatable bonds is 9. The standard InChI is InChI=1S/C19H33N/c1-6-13-20-19(17(7-2)8-3)18-11-9-16(10-12-18)14-15(4)5/h9-12,15,17,19-20H,6-8,13-14H2,1-5H3. The Bertz CT molecular complexity index is 349. The van der Waals surface area contributed by atoms with E-state index in [1.54, 1.807) is 0 Å². The zero-order chi connectivity index (χ0) is 15.0. The predicted octanol–water partition coefficient (Wildman–Crippen LogP) is 5.36. The molecule has 1 unspecified atom stereocenters. The van der Waals surface area contributed by atoms with Gasteiger partial charge in [-0.25, -0.2) is 0 Å². The maximum Gasteiger partial charge on any atom is 0.0348 e. The molecule has 0 spiro atoms. The Morgan fingerprint density at radius 3 is 2.00 bits per heavy atom. The second-order valence-electron chi connectivity index (χ2n) is 6.35. The topological polar surface area (TPSA) is 12.0 Å². The third kappa shape index (κ3) is 5.28. The van der Waals surface area contributed by atoms with Crippen LogP contribution in [0.1, 0.15) is 71.0 Å². The van der Waals surface area contributed by atoms with Crippen LogP contribution in [-0.2, 0) is 6.42 Å². The summed E-state index contributed by atoms with van der Waals surface area (Å²) >= 11 is 0. The largest absolute Gasteiger partial charge is 0.310 e. The normalized spacial score (nSPS) is 13.2. The fraction of sp³-hybridized carbons (Fsp3) is 0.684. The van der Waals surface area contributed by atoms with Crippen molar-refractivity contribution in [3.63, 3.8) is 0 Å². The minimum absolute atomic E-state index is 0.512. The average Bonchev–Trinajstić information content (AvgIpc) is 2.44. The van der Waals surface area contributed by atoms with Crippen LogP contribution in [0.3, 0.4) is 0 Å². The minimum Gasteiger partial charge on any atom is -0.310 e. The van der Waals surface area contributed by atoms with E-state index in [4.69, 9.17) is 0 Å². The lowest BCUT2D eigenvalue weighted by atomic mass is 9.88. The van der Waals surface area contributed by atoms with E-state index in [0.29, 0.717) is 6.04 Å². The van der Waals surface area contributed by atoms with Crippen LogP contribution >= 0.6 is 0 Å². The van der Waals surface area contributed by atoms with Crippen molar-refractivity contribution in [2.24, 2.45) is 11.8 Å². The molecule has 1 nitrogen and oxygen atoms in total. The summed E-state index contributed by atoms with van der Waals surface area (Å²) in [5, 5.41) is 3.75. The monoisotopic (exact) mass is 275 g/mol. The van der Waals surface area contributed by atoms with Gasteiger partial charge in [0.2, 0.25) is 0 Å². The molecule has 1 atom stereocenters. The Morgan fingerprint density at radius 1 is 0.950 bits per heavy atom. The van der Waals surface area contributed by atoms with Gasteiger partial charge >= 0.3 is 0 Å². The summed E-state index contributed by atoms with van der Waals surface area (Å²) in [5.41, 5.74) is 2.92. The Hall–Kier alpha value is -0.820. The van der Waals surface area contributed by atoms with Crippen LogP contribution in [0.2, 0.25) is 0 Å². The van der Waals surface area contributed by atoms with Gasteiger partial charge in [-0.1, -0.05) is 71.7 Å². The van der Waals surface area contributed by atoms with Gasteiger partial charge < -0.3 is 5.32 Å². The van der Waals surface area contributed by atoms with Crippen molar-refractivity contribution < 1.29 is 0 Å². The average molecular weight is 275 g/mol. The molecule has 20 heavy (non-hydrogen) atoms. The molecule has 0 radical (unpaired) electrons. The van der Waals surface area contributed by atoms with Crippen molar-refractivity contribution >= 4 is 0 Å². The van der Waals surface area contributed by atoms with Crippen molar-refractivity contribution in [2.75, 3.05) is 6.54 Å². The van der Waals surface area contributed by atoms with E-state index in [1.807, 2.05) is 0 Å². The number of hydrogen-bond acceptors (Lipinski definition) is 1. The van der Waals surface area contributed by atoms with Crippen LogP contribution in [-0.4, -0.2) is 6.54 Å². The minimum atomic E-state index is 0.512. The Labute approximate surface area is 126 Å². The van der Waals surface area contributed by atoms with Crippen LogP contribution in [0.25, 0.3) is 0 Å². The molecule has 0 amide bonds. The Morgan fingerprint density at radius 2 is 1.55 bits per heavy atom. The first-order chi connectivity index (χ1) is 9.62. The third-order valence-electron chi connectivity index (χ3n) is 4.12. The third-order valence-corrected chi connectivity index (χ3v) is 4.12. The summed E-state index contributed by atoms with van der Waals surface area (Å²) in [6, 6.07) is 9.82. The van der Waals surface area contributed by atoms with Crippen LogP contribution < -0.4 is 5.32 Å². The number of nitrogens with one attached hydrogen (secondary N) is 1. The van der Waals surface area contributed by atoms with Crippen molar-refractivity contribution in [2.45, 2.75) is 66.3 Å². The van der Waals surface area contributed by atoms with Crippen molar-refractivity contribution in [3.8, 4) is 0 Å². The van der Waals surface area contributed by atoms with Gasteiger partial charge in [-0.05, 0) is 42.3 Å². The van der Waals surface area contributed by atoms with Gasteiger partial charge in [-0.2, -0.15) is 0 Å². The van der Waals surface area contributed by atoms with E-state index in [9.17, 15) is 0 Å².